The maximum absolute atomic E-state index is 11.0. The molecule has 94 valence electrons. The predicted molar refractivity (Wildman–Crippen MR) is 70.0 cm³/mol. The molecular weight excluding hydrogens is 220 g/mol. The van der Waals surface area contributed by atoms with Gasteiger partial charge in [0.25, 0.3) is 0 Å². The minimum absolute atomic E-state index is 0.0514. The zero-order valence-corrected chi connectivity index (χ0v) is 11.2. The predicted octanol–water partition coefficient (Wildman–Crippen LogP) is 2.46. The zero-order chi connectivity index (χ0) is 12.0. The summed E-state index contributed by atoms with van der Waals surface area (Å²) in [4.78, 5) is 11.0. The number of amides is 1. The van der Waals surface area contributed by atoms with Gasteiger partial charge in [0, 0.05) is 16.9 Å². The highest BCUT2D eigenvalue weighted by Gasteiger charge is 2.21. The van der Waals surface area contributed by atoms with E-state index in [1.54, 1.807) is 0 Å². The smallest absolute Gasteiger partial charge is 0.233 e. The van der Waals surface area contributed by atoms with Crippen molar-refractivity contribution in [2.24, 2.45) is 11.8 Å². The molecule has 0 bridgehead atoms. The molecule has 0 aromatic rings. The van der Waals surface area contributed by atoms with Gasteiger partial charge in [0.05, 0.1) is 0 Å². The van der Waals surface area contributed by atoms with Crippen LogP contribution in [0.4, 0.5) is 0 Å². The van der Waals surface area contributed by atoms with Gasteiger partial charge < -0.3 is 0 Å². The van der Waals surface area contributed by atoms with Crippen molar-refractivity contribution in [1.82, 2.24) is 5.43 Å². The molecule has 0 spiro atoms. The minimum atomic E-state index is -0.0514. The Morgan fingerprint density at radius 3 is 2.94 bits per heavy atom. The van der Waals surface area contributed by atoms with E-state index in [-0.39, 0.29) is 5.91 Å². The molecule has 0 aromatic heterocycles. The average molecular weight is 244 g/mol. The Bertz CT molecular complexity index is 223. The molecule has 3 unspecified atom stereocenters. The third kappa shape index (κ3) is 5.21. The van der Waals surface area contributed by atoms with E-state index >= 15 is 0 Å². The second-order valence-corrected chi connectivity index (χ2v) is 6.69. The summed E-state index contributed by atoms with van der Waals surface area (Å²) in [5.74, 6) is 5.88. The van der Waals surface area contributed by atoms with Crippen molar-refractivity contribution in [1.29, 1.82) is 0 Å². The largest absolute Gasteiger partial charge is 0.294 e. The van der Waals surface area contributed by atoms with Crippen LogP contribution in [-0.2, 0) is 4.79 Å². The number of hydrazine groups is 1. The maximum Gasteiger partial charge on any atom is 0.233 e. The summed E-state index contributed by atoms with van der Waals surface area (Å²) in [7, 11) is 0. The minimum Gasteiger partial charge on any atom is -0.294 e. The fourth-order valence-electron chi connectivity index (χ4n) is 2.31. The molecule has 0 saturated heterocycles. The van der Waals surface area contributed by atoms with Gasteiger partial charge in [-0.15, -0.1) is 0 Å². The summed E-state index contributed by atoms with van der Waals surface area (Å²) in [5.41, 5.74) is 2.18. The first-order chi connectivity index (χ1) is 7.61. The zero-order valence-electron chi connectivity index (χ0n) is 10.4. The molecule has 3 N–H and O–H groups in total. The van der Waals surface area contributed by atoms with Gasteiger partial charge in [-0.3, -0.25) is 10.2 Å². The van der Waals surface area contributed by atoms with Crippen LogP contribution in [0.5, 0.6) is 0 Å². The Balaban J connectivity index is 2.17. The first-order valence-corrected chi connectivity index (χ1v) is 7.21. The lowest BCUT2D eigenvalue weighted by Crippen LogP contribution is -2.30. The Kier molecular flexibility index (Phi) is 6.21. The number of nitrogens with one attached hydrogen (secondary N) is 1. The molecule has 3 atom stereocenters. The lowest BCUT2D eigenvalue weighted by atomic mass is 9.91. The number of nitrogens with two attached hydrogens (primary N) is 1. The van der Waals surface area contributed by atoms with Crippen LogP contribution in [0.1, 0.15) is 52.4 Å². The molecule has 1 aliphatic rings. The highest BCUT2D eigenvalue weighted by Crippen LogP contribution is 2.35. The van der Waals surface area contributed by atoms with Gasteiger partial charge in [-0.1, -0.05) is 26.7 Å². The average Bonchev–Trinajstić information content (AvgIpc) is 2.26. The highest BCUT2D eigenvalue weighted by molar-refractivity contribution is 8.00. The van der Waals surface area contributed by atoms with Crippen LogP contribution >= 0.6 is 11.8 Å². The summed E-state index contributed by atoms with van der Waals surface area (Å²) in [6, 6.07) is 0. The number of thioether (sulfide) groups is 1. The molecule has 1 saturated carbocycles. The molecule has 1 fully saturated rings. The fourth-order valence-corrected chi connectivity index (χ4v) is 3.96. The summed E-state index contributed by atoms with van der Waals surface area (Å²) in [5, 5.41) is 1.37. The quantitative estimate of drug-likeness (QED) is 0.444. The van der Waals surface area contributed by atoms with Crippen LogP contribution in [0.3, 0.4) is 0 Å². The summed E-state index contributed by atoms with van der Waals surface area (Å²) >= 11 is 2.06. The molecule has 0 radical (unpaired) electrons. The van der Waals surface area contributed by atoms with Crippen LogP contribution in [0.15, 0.2) is 0 Å². The van der Waals surface area contributed by atoms with Gasteiger partial charge in [0.2, 0.25) is 5.91 Å². The standard InChI is InChI=1S/C12H24N2OS/c1-9-4-3-5-11(8-9)16-10(2)6-7-12(15)14-13/h9-11H,3-8,13H2,1-2H3,(H,14,15). The van der Waals surface area contributed by atoms with Crippen molar-refractivity contribution in [3.8, 4) is 0 Å². The number of rotatable bonds is 5. The van der Waals surface area contributed by atoms with Gasteiger partial charge >= 0.3 is 0 Å². The molecule has 4 heteroatoms. The number of carbonyl (C=O) groups excluding carboxylic acids is 1. The fraction of sp³-hybridized carbons (Fsp3) is 0.917. The number of carbonyl (C=O) groups is 1. The SMILES string of the molecule is CC1CCCC(SC(C)CCC(=O)NN)C1. The van der Waals surface area contributed by atoms with E-state index < -0.39 is 0 Å². The van der Waals surface area contributed by atoms with Gasteiger partial charge in [-0.2, -0.15) is 11.8 Å². The normalized spacial score (nSPS) is 27.4. The van der Waals surface area contributed by atoms with Crippen molar-refractivity contribution in [3.63, 3.8) is 0 Å². The van der Waals surface area contributed by atoms with Crippen molar-refractivity contribution in [3.05, 3.63) is 0 Å². The lowest BCUT2D eigenvalue weighted by molar-refractivity contribution is -0.121. The Hall–Kier alpha value is -0.220. The molecule has 0 heterocycles. The van der Waals surface area contributed by atoms with Crippen LogP contribution in [0.25, 0.3) is 0 Å². The molecule has 0 aromatic carbocycles. The summed E-state index contributed by atoms with van der Waals surface area (Å²) in [6.45, 7) is 4.56. The second-order valence-electron chi connectivity index (χ2n) is 4.95. The molecule has 1 amide bonds. The number of hydrogen-bond donors (Lipinski definition) is 2. The summed E-state index contributed by atoms with van der Waals surface area (Å²) in [6.07, 6.45) is 6.93. The molecule has 3 nitrogen and oxygen atoms in total. The monoisotopic (exact) mass is 244 g/mol. The van der Waals surface area contributed by atoms with Crippen molar-refractivity contribution >= 4 is 17.7 Å². The lowest BCUT2D eigenvalue weighted by Gasteiger charge is -2.28. The second kappa shape index (κ2) is 7.17. The molecule has 16 heavy (non-hydrogen) atoms. The molecule has 1 aliphatic carbocycles. The van der Waals surface area contributed by atoms with Gasteiger partial charge in [-0.25, -0.2) is 5.84 Å². The van der Waals surface area contributed by atoms with Crippen LogP contribution in [0.2, 0.25) is 0 Å². The van der Waals surface area contributed by atoms with E-state index in [1.807, 2.05) is 0 Å². The highest BCUT2D eigenvalue weighted by atomic mass is 32.2. The topological polar surface area (TPSA) is 55.1 Å². The van der Waals surface area contributed by atoms with Crippen LogP contribution in [-0.4, -0.2) is 16.4 Å². The molecule has 0 aliphatic heterocycles. The van der Waals surface area contributed by atoms with Crippen molar-refractivity contribution < 1.29 is 4.79 Å². The Labute approximate surface area is 103 Å². The van der Waals surface area contributed by atoms with E-state index in [9.17, 15) is 4.79 Å². The first kappa shape index (κ1) is 13.8. The molecule has 1 rings (SSSR count). The van der Waals surface area contributed by atoms with Crippen LogP contribution < -0.4 is 11.3 Å². The van der Waals surface area contributed by atoms with Crippen molar-refractivity contribution in [2.45, 2.75) is 62.9 Å². The van der Waals surface area contributed by atoms with E-state index in [2.05, 4.69) is 31.0 Å². The van der Waals surface area contributed by atoms with E-state index in [0.717, 1.165) is 17.6 Å². The van der Waals surface area contributed by atoms with Crippen LogP contribution in [0, 0.1) is 5.92 Å². The molecular formula is C12H24N2OS. The van der Waals surface area contributed by atoms with Crippen molar-refractivity contribution in [2.75, 3.05) is 0 Å². The van der Waals surface area contributed by atoms with Gasteiger partial charge in [0.1, 0.15) is 0 Å². The number of hydrogen-bond acceptors (Lipinski definition) is 3. The first-order valence-electron chi connectivity index (χ1n) is 6.26. The summed E-state index contributed by atoms with van der Waals surface area (Å²) < 4.78 is 0. The van der Waals surface area contributed by atoms with E-state index in [0.29, 0.717) is 11.7 Å². The Morgan fingerprint density at radius 2 is 2.31 bits per heavy atom. The van der Waals surface area contributed by atoms with E-state index in [4.69, 9.17) is 5.84 Å². The van der Waals surface area contributed by atoms with Gasteiger partial charge in [0.15, 0.2) is 0 Å². The maximum atomic E-state index is 11.0. The van der Waals surface area contributed by atoms with E-state index in [1.165, 1.54) is 25.7 Å². The third-order valence-corrected chi connectivity index (χ3v) is 4.77. The third-order valence-electron chi connectivity index (χ3n) is 3.25. The Morgan fingerprint density at radius 1 is 1.56 bits per heavy atom. The van der Waals surface area contributed by atoms with Gasteiger partial charge in [-0.05, 0) is 25.2 Å².